The van der Waals surface area contributed by atoms with Crippen LogP contribution in [0.2, 0.25) is 0 Å². The zero-order valence-electron chi connectivity index (χ0n) is 8.59. The first kappa shape index (κ1) is 10.0. The van der Waals surface area contributed by atoms with Crippen molar-refractivity contribution in [1.29, 1.82) is 0 Å². The Morgan fingerprint density at radius 3 is 2.29 bits per heavy atom. The minimum absolute atomic E-state index is 0.481. The maximum absolute atomic E-state index is 5.13. The van der Waals surface area contributed by atoms with Gasteiger partial charge in [-0.25, -0.2) is 0 Å². The molecular formula is C12H15BrO. The maximum Gasteiger partial charge on any atom is 0.118 e. The van der Waals surface area contributed by atoms with E-state index in [1.807, 2.05) is 12.1 Å². The molecule has 1 aromatic rings. The van der Waals surface area contributed by atoms with E-state index >= 15 is 0 Å². The molecule has 1 atom stereocenters. The molecule has 0 radical (unpaired) electrons. The summed E-state index contributed by atoms with van der Waals surface area (Å²) in [5, 5.41) is 0. The number of methoxy groups -OCH3 is 1. The van der Waals surface area contributed by atoms with Gasteiger partial charge in [0.15, 0.2) is 0 Å². The first-order valence-electron chi connectivity index (χ1n) is 4.94. The third-order valence-corrected chi connectivity index (χ3v) is 4.69. The Labute approximate surface area is 93.6 Å². The molecule has 1 aliphatic rings. The van der Waals surface area contributed by atoms with Gasteiger partial charge < -0.3 is 4.74 Å². The van der Waals surface area contributed by atoms with Gasteiger partial charge in [-0.05, 0) is 36.0 Å². The zero-order chi connectivity index (χ0) is 10.2. The second kappa shape index (κ2) is 3.58. The maximum atomic E-state index is 5.13. The largest absolute Gasteiger partial charge is 0.497 e. The topological polar surface area (TPSA) is 9.23 Å². The molecular weight excluding hydrogens is 240 g/mol. The number of halogens is 1. The van der Waals surface area contributed by atoms with Gasteiger partial charge >= 0.3 is 0 Å². The Hall–Kier alpha value is -0.500. The second-order valence-electron chi connectivity index (χ2n) is 4.29. The highest BCUT2D eigenvalue weighted by molar-refractivity contribution is 9.09. The average Bonchev–Trinajstić information content (AvgIpc) is 2.97. The highest BCUT2D eigenvalue weighted by atomic mass is 79.9. The fraction of sp³-hybridized carbons (Fsp3) is 0.500. The smallest absolute Gasteiger partial charge is 0.118 e. The summed E-state index contributed by atoms with van der Waals surface area (Å²) in [6.45, 7) is 2.33. The highest BCUT2D eigenvalue weighted by Crippen LogP contribution is 2.58. The number of ether oxygens (including phenoxy) is 1. The number of alkyl halides is 1. The minimum Gasteiger partial charge on any atom is -0.497 e. The van der Waals surface area contributed by atoms with Gasteiger partial charge in [-0.15, -0.1) is 0 Å². The van der Waals surface area contributed by atoms with Crippen LogP contribution in [0.3, 0.4) is 0 Å². The van der Waals surface area contributed by atoms with Gasteiger partial charge in [0.05, 0.1) is 7.11 Å². The Kier molecular flexibility index (Phi) is 2.56. The lowest BCUT2D eigenvalue weighted by Gasteiger charge is -2.17. The van der Waals surface area contributed by atoms with E-state index in [-0.39, 0.29) is 0 Å². The van der Waals surface area contributed by atoms with Gasteiger partial charge in [0, 0.05) is 4.83 Å². The molecule has 0 heterocycles. The molecule has 1 nitrogen and oxygen atoms in total. The van der Waals surface area contributed by atoms with Crippen LogP contribution >= 0.6 is 15.9 Å². The van der Waals surface area contributed by atoms with Crippen molar-refractivity contribution >= 4 is 15.9 Å². The highest BCUT2D eigenvalue weighted by Gasteiger charge is 2.44. The molecule has 1 fully saturated rings. The van der Waals surface area contributed by atoms with E-state index in [1.54, 1.807) is 7.11 Å². The standard InChI is InChI=1S/C12H15BrO/c1-12(7-8-12)11(13)9-3-5-10(14-2)6-4-9/h3-6,11H,7-8H2,1-2H3. The fourth-order valence-corrected chi connectivity index (χ4v) is 2.39. The number of hydrogen-bond donors (Lipinski definition) is 0. The quantitative estimate of drug-likeness (QED) is 0.743. The second-order valence-corrected chi connectivity index (χ2v) is 5.21. The molecule has 0 spiro atoms. The third-order valence-electron chi connectivity index (χ3n) is 3.06. The number of rotatable bonds is 3. The summed E-state index contributed by atoms with van der Waals surface area (Å²) in [7, 11) is 1.70. The summed E-state index contributed by atoms with van der Waals surface area (Å²) in [6, 6.07) is 8.33. The molecule has 1 unspecified atom stereocenters. The molecule has 1 saturated carbocycles. The molecule has 1 aliphatic carbocycles. The average molecular weight is 255 g/mol. The monoisotopic (exact) mass is 254 g/mol. The Morgan fingerprint density at radius 1 is 1.29 bits per heavy atom. The van der Waals surface area contributed by atoms with Crippen molar-refractivity contribution < 1.29 is 4.74 Å². The van der Waals surface area contributed by atoms with E-state index in [0.29, 0.717) is 10.2 Å². The predicted octanol–water partition coefficient (Wildman–Crippen LogP) is 3.93. The van der Waals surface area contributed by atoms with Crippen LogP contribution in [0.5, 0.6) is 5.75 Å². The van der Waals surface area contributed by atoms with E-state index in [1.165, 1.54) is 18.4 Å². The van der Waals surface area contributed by atoms with Crippen LogP contribution in [0.4, 0.5) is 0 Å². The van der Waals surface area contributed by atoms with Crippen molar-refractivity contribution in [3.8, 4) is 5.75 Å². The first-order chi connectivity index (χ1) is 6.65. The van der Waals surface area contributed by atoms with Crippen LogP contribution < -0.4 is 4.74 Å². The summed E-state index contributed by atoms with van der Waals surface area (Å²) in [5.74, 6) is 0.925. The van der Waals surface area contributed by atoms with Gasteiger partial charge in [-0.1, -0.05) is 35.0 Å². The third kappa shape index (κ3) is 1.81. The normalized spacial score (nSPS) is 20.2. The van der Waals surface area contributed by atoms with Crippen molar-refractivity contribution in [2.24, 2.45) is 5.41 Å². The molecule has 0 amide bonds. The van der Waals surface area contributed by atoms with Gasteiger partial charge in [0.2, 0.25) is 0 Å². The van der Waals surface area contributed by atoms with Crippen LogP contribution in [0, 0.1) is 5.41 Å². The van der Waals surface area contributed by atoms with Crippen LogP contribution in [-0.2, 0) is 0 Å². The zero-order valence-corrected chi connectivity index (χ0v) is 10.2. The van der Waals surface area contributed by atoms with E-state index in [2.05, 4.69) is 35.0 Å². The molecule has 0 aromatic heterocycles. The summed E-state index contributed by atoms with van der Waals surface area (Å²) in [6.07, 6.45) is 2.66. The van der Waals surface area contributed by atoms with Crippen LogP contribution in [-0.4, -0.2) is 7.11 Å². The van der Waals surface area contributed by atoms with E-state index in [4.69, 9.17) is 4.74 Å². The van der Waals surface area contributed by atoms with Crippen molar-refractivity contribution in [1.82, 2.24) is 0 Å². The summed E-state index contributed by atoms with van der Waals surface area (Å²) >= 11 is 3.77. The van der Waals surface area contributed by atoms with Gasteiger partial charge in [0.1, 0.15) is 5.75 Å². The number of hydrogen-bond acceptors (Lipinski definition) is 1. The first-order valence-corrected chi connectivity index (χ1v) is 5.85. The molecule has 0 N–H and O–H groups in total. The van der Waals surface area contributed by atoms with Crippen molar-refractivity contribution in [2.45, 2.75) is 24.6 Å². The Balaban J connectivity index is 2.16. The molecule has 2 rings (SSSR count). The molecule has 2 heteroatoms. The van der Waals surface area contributed by atoms with Crippen molar-refractivity contribution in [3.63, 3.8) is 0 Å². The van der Waals surface area contributed by atoms with Crippen LogP contribution in [0.25, 0.3) is 0 Å². The SMILES string of the molecule is COc1ccc(C(Br)C2(C)CC2)cc1. The molecule has 0 saturated heterocycles. The Morgan fingerprint density at radius 2 is 1.86 bits per heavy atom. The summed E-state index contributed by atoms with van der Waals surface area (Å²) < 4.78 is 5.13. The van der Waals surface area contributed by atoms with E-state index in [9.17, 15) is 0 Å². The minimum atomic E-state index is 0.481. The predicted molar refractivity (Wildman–Crippen MR) is 62.0 cm³/mol. The number of benzene rings is 1. The lowest BCUT2D eigenvalue weighted by molar-refractivity contribution is 0.414. The molecule has 0 aliphatic heterocycles. The summed E-state index contributed by atoms with van der Waals surface area (Å²) in [5.41, 5.74) is 1.83. The van der Waals surface area contributed by atoms with Crippen molar-refractivity contribution in [3.05, 3.63) is 29.8 Å². The van der Waals surface area contributed by atoms with Gasteiger partial charge in [-0.2, -0.15) is 0 Å². The molecule has 0 bridgehead atoms. The van der Waals surface area contributed by atoms with Gasteiger partial charge in [0.25, 0.3) is 0 Å². The van der Waals surface area contributed by atoms with Gasteiger partial charge in [-0.3, -0.25) is 0 Å². The lowest BCUT2D eigenvalue weighted by atomic mass is 9.98. The van der Waals surface area contributed by atoms with E-state index < -0.39 is 0 Å². The van der Waals surface area contributed by atoms with E-state index in [0.717, 1.165) is 5.75 Å². The van der Waals surface area contributed by atoms with Crippen molar-refractivity contribution in [2.75, 3.05) is 7.11 Å². The fourth-order valence-electron chi connectivity index (χ4n) is 1.63. The van der Waals surface area contributed by atoms with Crippen LogP contribution in [0.1, 0.15) is 30.2 Å². The lowest BCUT2D eigenvalue weighted by Crippen LogP contribution is -2.02. The van der Waals surface area contributed by atoms with Crippen LogP contribution in [0.15, 0.2) is 24.3 Å². The Bertz CT molecular complexity index is 314. The summed E-state index contributed by atoms with van der Waals surface area (Å²) in [4.78, 5) is 0.487. The molecule has 14 heavy (non-hydrogen) atoms. The molecule has 1 aromatic carbocycles. The molecule has 76 valence electrons.